The molecule has 1 amide bonds. The van der Waals surface area contributed by atoms with Gasteiger partial charge in [0.2, 0.25) is 0 Å². The predicted molar refractivity (Wildman–Crippen MR) is 78.3 cm³/mol. The van der Waals surface area contributed by atoms with E-state index in [0.717, 1.165) is 12.1 Å². The molecule has 2 aromatic rings. The molecular formula is C16H11F4NO4. The highest BCUT2D eigenvalue weighted by Crippen LogP contribution is 2.17. The van der Waals surface area contributed by atoms with Crippen molar-refractivity contribution in [2.45, 2.75) is 6.61 Å². The molecule has 0 saturated heterocycles. The second-order valence-electron chi connectivity index (χ2n) is 4.65. The van der Waals surface area contributed by atoms with E-state index in [1.807, 2.05) is 0 Å². The smallest absolute Gasteiger partial charge is 0.387 e. The number of nitrogens with one attached hydrogen (secondary N) is 1. The van der Waals surface area contributed by atoms with Crippen LogP contribution in [-0.2, 0) is 9.53 Å². The summed E-state index contributed by atoms with van der Waals surface area (Å²) in [5.41, 5.74) is -0.265. The summed E-state index contributed by atoms with van der Waals surface area (Å²) in [7, 11) is 0. The van der Waals surface area contributed by atoms with Crippen molar-refractivity contribution in [1.29, 1.82) is 0 Å². The standard InChI is InChI=1S/C16H11F4NO4/c17-9-1-6-12(13(18)7-9)15(23)24-8-14(22)21-10-2-4-11(5-3-10)25-16(19)20/h1-7,16H,8H2,(H,21,22). The third kappa shape index (κ3) is 5.48. The van der Waals surface area contributed by atoms with Crippen LogP contribution in [0.3, 0.4) is 0 Å². The highest BCUT2D eigenvalue weighted by molar-refractivity contribution is 5.95. The van der Waals surface area contributed by atoms with E-state index in [4.69, 9.17) is 0 Å². The number of carbonyl (C=O) groups excluding carboxylic acids is 2. The van der Waals surface area contributed by atoms with Gasteiger partial charge in [0.15, 0.2) is 6.61 Å². The first-order valence-electron chi connectivity index (χ1n) is 6.82. The first-order valence-corrected chi connectivity index (χ1v) is 6.82. The molecule has 0 aliphatic rings. The molecule has 0 spiro atoms. The van der Waals surface area contributed by atoms with Crippen LogP contribution in [0.1, 0.15) is 10.4 Å². The SMILES string of the molecule is O=C(COC(=O)c1ccc(F)cc1F)Nc1ccc(OC(F)F)cc1. The van der Waals surface area contributed by atoms with Crippen molar-refractivity contribution in [3.8, 4) is 5.75 Å². The van der Waals surface area contributed by atoms with Crippen LogP contribution in [0.4, 0.5) is 23.2 Å². The van der Waals surface area contributed by atoms with E-state index in [0.29, 0.717) is 6.07 Å². The van der Waals surface area contributed by atoms with Crippen LogP contribution < -0.4 is 10.1 Å². The van der Waals surface area contributed by atoms with Gasteiger partial charge in [-0.25, -0.2) is 13.6 Å². The highest BCUT2D eigenvalue weighted by atomic mass is 19.3. The maximum absolute atomic E-state index is 13.4. The molecule has 0 aliphatic heterocycles. The van der Waals surface area contributed by atoms with Crippen molar-refractivity contribution < 1.29 is 36.6 Å². The Labute approximate surface area is 139 Å². The molecule has 9 heteroatoms. The van der Waals surface area contributed by atoms with E-state index in [2.05, 4.69) is 14.8 Å². The van der Waals surface area contributed by atoms with Crippen LogP contribution in [-0.4, -0.2) is 25.1 Å². The normalized spacial score (nSPS) is 10.4. The van der Waals surface area contributed by atoms with Gasteiger partial charge in [-0.3, -0.25) is 4.79 Å². The second-order valence-corrected chi connectivity index (χ2v) is 4.65. The first-order chi connectivity index (χ1) is 11.8. The molecule has 132 valence electrons. The molecule has 0 aliphatic carbocycles. The average Bonchev–Trinajstić information content (AvgIpc) is 2.54. The Morgan fingerprint density at radius 2 is 1.72 bits per heavy atom. The number of alkyl halides is 2. The zero-order chi connectivity index (χ0) is 18.4. The first kappa shape index (κ1) is 18.2. The average molecular weight is 357 g/mol. The summed E-state index contributed by atoms with van der Waals surface area (Å²) >= 11 is 0. The molecule has 5 nitrogen and oxygen atoms in total. The molecule has 0 unspecified atom stereocenters. The number of anilines is 1. The van der Waals surface area contributed by atoms with E-state index in [-0.39, 0.29) is 11.4 Å². The van der Waals surface area contributed by atoms with Gasteiger partial charge in [0.05, 0.1) is 5.56 Å². The molecule has 0 atom stereocenters. The quantitative estimate of drug-likeness (QED) is 0.636. The van der Waals surface area contributed by atoms with Crippen molar-refractivity contribution in [3.05, 3.63) is 59.7 Å². The van der Waals surface area contributed by atoms with Gasteiger partial charge in [0, 0.05) is 11.8 Å². The van der Waals surface area contributed by atoms with Gasteiger partial charge < -0.3 is 14.8 Å². The highest BCUT2D eigenvalue weighted by Gasteiger charge is 2.15. The summed E-state index contributed by atoms with van der Waals surface area (Å²) in [4.78, 5) is 23.3. The number of ether oxygens (including phenoxy) is 2. The topological polar surface area (TPSA) is 64.6 Å². The fourth-order valence-electron chi connectivity index (χ4n) is 1.78. The Kier molecular flexibility index (Phi) is 5.93. The minimum Gasteiger partial charge on any atom is -0.452 e. The van der Waals surface area contributed by atoms with Gasteiger partial charge in [-0.1, -0.05) is 0 Å². The third-order valence-electron chi connectivity index (χ3n) is 2.85. The zero-order valence-electron chi connectivity index (χ0n) is 12.5. The van der Waals surface area contributed by atoms with Gasteiger partial charge in [-0.05, 0) is 36.4 Å². The summed E-state index contributed by atoms with van der Waals surface area (Å²) in [5.74, 6) is -3.93. The van der Waals surface area contributed by atoms with Crippen LogP contribution >= 0.6 is 0 Å². The number of hydrogen-bond acceptors (Lipinski definition) is 4. The van der Waals surface area contributed by atoms with E-state index in [1.165, 1.54) is 24.3 Å². The van der Waals surface area contributed by atoms with E-state index in [1.54, 1.807) is 0 Å². The Hall–Kier alpha value is -3.10. The lowest BCUT2D eigenvalue weighted by Crippen LogP contribution is -2.21. The van der Waals surface area contributed by atoms with E-state index >= 15 is 0 Å². The predicted octanol–water partition coefficient (Wildman–Crippen LogP) is 3.36. The minimum absolute atomic E-state index is 0.0915. The molecule has 0 aromatic heterocycles. The van der Waals surface area contributed by atoms with Gasteiger partial charge in [-0.15, -0.1) is 0 Å². The minimum atomic E-state index is -2.97. The number of benzene rings is 2. The largest absolute Gasteiger partial charge is 0.452 e. The molecule has 0 radical (unpaired) electrons. The van der Waals surface area contributed by atoms with E-state index < -0.39 is 42.3 Å². The van der Waals surface area contributed by atoms with Gasteiger partial charge >= 0.3 is 12.6 Å². The number of amides is 1. The van der Waals surface area contributed by atoms with Gasteiger partial charge in [-0.2, -0.15) is 8.78 Å². The summed E-state index contributed by atoms with van der Waals surface area (Å²) in [6.45, 7) is -3.68. The lowest BCUT2D eigenvalue weighted by atomic mass is 10.2. The monoisotopic (exact) mass is 357 g/mol. The Bertz CT molecular complexity index is 765. The molecule has 2 rings (SSSR count). The number of carbonyl (C=O) groups is 2. The van der Waals surface area contributed by atoms with Crippen LogP contribution in [0.5, 0.6) is 5.75 Å². The molecule has 0 fully saturated rings. The molecule has 0 saturated carbocycles. The van der Waals surface area contributed by atoms with Crippen molar-refractivity contribution in [2.75, 3.05) is 11.9 Å². The molecule has 0 heterocycles. The lowest BCUT2D eigenvalue weighted by Gasteiger charge is -2.08. The van der Waals surface area contributed by atoms with E-state index in [9.17, 15) is 27.2 Å². The van der Waals surface area contributed by atoms with Crippen molar-refractivity contribution >= 4 is 17.6 Å². The fourth-order valence-corrected chi connectivity index (χ4v) is 1.78. The number of hydrogen-bond donors (Lipinski definition) is 1. The van der Waals surface area contributed by atoms with Crippen LogP contribution in [0, 0.1) is 11.6 Å². The van der Waals surface area contributed by atoms with Crippen molar-refractivity contribution in [1.82, 2.24) is 0 Å². The van der Waals surface area contributed by atoms with Crippen molar-refractivity contribution in [3.63, 3.8) is 0 Å². The second kappa shape index (κ2) is 8.13. The number of rotatable bonds is 6. The summed E-state index contributed by atoms with van der Waals surface area (Å²) in [6.07, 6.45) is 0. The molecule has 25 heavy (non-hydrogen) atoms. The third-order valence-corrected chi connectivity index (χ3v) is 2.85. The van der Waals surface area contributed by atoms with Gasteiger partial charge in [0.25, 0.3) is 5.91 Å². The maximum Gasteiger partial charge on any atom is 0.387 e. The van der Waals surface area contributed by atoms with Gasteiger partial charge in [0.1, 0.15) is 17.4 Å². The fraction of sp³-hybridized carbons (Fsp3) is 0.125. The molecular weight excluding hydrogens is 346 g/mol. The Morgan fingerprint density at radius 1 is 1.04 bits per heavy atom. The lowest BCUT2D eigenvalue weighted by molar-refractivity contribution is -0.119. The number of esters is 1. The Balaban J connectivity index is 1.86. The summed E-state index contributed by atoms with van der Waals surface area (Å²) in [5, 5.41) is 2.34. The maximum atomic E-state index is 13.4. The van der Waals surface area contributed by atoms with Crippen molar-refractivity contribution in [2.24, 2.45) is 0 Å². The van der Waals surface area contributed by atoms with Crippen LogP contribution in [0.25, 0.3) is 0 Å². The Morgan fingerprint density at radius 3 is 2.32 bits per heavy atom. The molecule has 0 bridgehead atoms. The summed E-state index contributed by atoms with van der Waals surface area (Å²) in [6, 6.07) is 7.31. The van der Waals surface area contributed by atoms with Crippen LogP contribution in [0.15, 0.2) is 42.5 Å². The molecule has 1 N–H and O–H groups in total. The van der Waals surface area contributed by atoms with Crippen LogP contribution in [0.2, 0.25) is 0 Å². The summed E-state index contributed by atoms with van der Waals surface area (Å²) < 4.78 is 58.9. The number of halogens is 4. The zero-order valence-corrected chi connectivity index (χ0v) is 12.5. The molecule has 2 aromatic carbocycles.